The van der Waals surface area contributed by atoms with Gasteiger partial charge in [0.2, 0.25) is 5.91 Å². The van der Waals surface area contributed by atoms with E-state index in [4.69, 9.17) is 9.47 Å². The summed E-state index contributed by atoms with van der Waals surface area (Å²) in [6.45, 7) is 3.05. The van der Waals surface area contributed by atoms with Gasteiger partial charge in [-0.05, 0) is 43.4 Å². The van der Waals surface area contributed by atoms with Gasteiger partial charge < -0.3 is 14.4 Å². The van der Waals surface area contributed by atoms with Crippen molar-refractivity contribution in [3.05, 3.63) is 23.8 Å². The minimum atomic E-state index is 0.216. The molecule has 0 bridgehead atoms. The number of ether oxygens (including phenoxy) is 2. The van der Waals surface area contributed by atoms with Crippen LogP contribution < -0.4 is 9.47 Å². The quantitative estimate of drug-likeness (QED) is 0.837. The summed E-state index contributed by atoms with van der Waals surface area (Å²) in [5.74, 6) is 1.58. The molecule has 0 spiro atoms. The molecule has 1 atom stereocenters. The molecule has 1 saturated heterocycles. The number of carbonyl (C=O) groups is 1. The van der Waals surface area contributed by atoms with E-state index < -0.39 is 0 Å². The Balaban J connectivity index is 2.08. The van der Waals surface area contributed by atoms with Crippen LogP contribution in [0.5, 0.6) is 11.5 Å². The molecule has 0 radical (unpaired) electrons. The second kappa shape index (κ2) is 7.34. The summed E-state index contributed by atoms with van der Waals surface area (Å²) in [4.78, 5) is 14.6. The number of carbonyl (C=O) groups excluding carboxylic acids is 1. The van der Waals surface area contributed by atoms with Gasteiger partial charge >= 0.3 is 0 Å². The molecule has 4 heteroatoms. The Hall–Kier alpha value is -1.71. The van der Waals surface area contributed by atoms with E-state index in [0.717, 1.165) is 31.4 Å². The summed E-state index contributed by atoms with van der Waals surface area (Å²) in [6.07, 6.45) is 4.95. The maximum absolute atomic E-state index is 12.5. The fraction of sp³-hybridized carbons (Fsp3) is 0.588. The lowest BCUT2D eigenvalue weighted by molar-refractivity contribution is -0.134. The first-order chi connectivity index (χ1) is 10.2. The summed E-state index contributed by atoms with van der Waals surface area (Å²) in [5.41, 5.74) is 0.970. The average molecular weight is 291 g/mol. The van der Waals surface area contributed by atoms with Crippen LogP contribution in [-0.2, 0) is 11.2 Å². The van der Waals surface area contributed by atoms with Gasteiger partial charge in [0.05, 0.1) is 20.6 Å². The Morgan fingerprint density at radius 2 is 2.00 bits per heavy atom. The molecule has 1 aliphatic heterocycles. The predicted octanol–water partition coefficient (Wildman–Crippen LogP) is 3.04. The topological polar surface area (TPSA) is 38.8 Å². The lowest BCUT2D eigenvalue weighted by atomic mass is 9.99. The van der Waals surface area contributed by atoms with Crippen molar-refractivity contribution < 1.29 is 14.3 Å². The molecule has 1 aromatic carbocycles. The molecule has 1 unspecified atom stereocenters. The van der Waals surface area contributed by atoms with E-state index in [1.54, 1.807) is 14.2 Å². The highest BCUT2D eigenvalue weighted by Crippen LogP contribution is 2.28. The van der Waals surface area contributed by atoms with Gasteiger partial charge in [0.15, 0.2) is 11.5 Å². The second-order valence-corrected chi connectivity index (χ2v) is 5.51. The summed E-state index contributed by atoms with van der Waals surface area (Å²) < 4.78 is 10.5. The highest BCUT2D eigenvalue weighted by Gasteiger charge is 2.25. The van der Waals surface area contributed by atoms with Gasteiger partial charge in [0.1, 0.15) is 0 Å². The van der Waals surface area contributed by atoms with E-state index in [9.17, 15) is 4.79 Å². The van der Waals surface area contributed by atoms with Gasteiger partial charge in [-0.2, -0.15) is 0 Å². The van der Waals surface area contributed by atoms with Crippen molar-refractivity contribution in [3.63, 3.8) is 0 Å². The SMILES string of the molecule is CCC1CCCCN1C(=O)Cc1ccc(OC)c(OC)c1. The first-order valence-electron chi connectivity index (χ1n) is 7.70. The molecule has 21 heavy (non-hydrogen) atoms. The summed E-state index contributed by atoms with van der Waals surface area (Å²) in [5, 5.41) is 0. The molecule has 0 aromatic heterocycles. The molecule has 2 rings (SSSR count). The number of methoxy groups -OCH3 is 2. The Labute approximate surface area is 127 Å². The summed E-state index contributed by atoms with van der Waals surface area (Å²) in [6, 6.07) is 6.09. The van der Waals surface area contributed by atoms with Crippen LogP contribution in [0.2, 0.25) is 0 Å². The zero-order chi connectivity index (χ0) is 15.2. The number of rotatable bonds is 5. The molecule has 0 saturated carbocycles. The summed E-state index contributed by atoms with van der Waals surface area (Å²) in [7, 11) is 3.23. The number of piperidine rings is 1. The number of benzene rings is 1. The zero-order valence-corrected chi connectivity index (χ0v) is 13.2. The summed E-state index contributed by atoms with van der Waals surface area (Å²) >= 11 is 0. The van der Waals surface area contributed by atoms with Gasteiger partial charge in [-0.3, -0.25) is 4.79 Å². The van der Waals surface area contributed by atoms with Crippen LogP contribution >= 0.6 is 0 Å². The van der Waals surface area contributed by atoms with Crippen LogP contribution in [-0.4, -0.2) is 37.6 Å². The Morgan fingerprint density at radius 1 is 1.24 bits per heavy atom. The standard InChI is InChI=1S/C17H25NO3/c1-4-14-7-5-6-10-18(14)17(19)12-13-8-9-15(20-2)16(11-13)21-3/h8-9,11,14H,4-7,10,12H2,1-3H3. The molecule has 116 valence electrons. The van der Waals surface area contributed by atoms with Crippen LogP contribution in [0.15, 0.2) is 18.2 Å². The highest BCUT2D eigenvalue weighted by molar-refractivity contribution is 5.79. The van der Waals surface area contributed by atoms with Crippen LogP contribution in [0.25, 0.3) is 0 Å². The van der Waals surface area contributed by atoms with E-state index in [1.165, 1.54) is 6.42 Å². The van der Waals surface area contributed by atoms with Gasteiger partial charge in [-0.15, -0.1) is 0 Å². The molecule has 1 fully saturated rings. The van der Waals surface area contributed by atoms with Gasteiger partial charge in [-0.25, -0.2) is 0 Å². The molecule has 1 aromatic rings. The largest absolute Gasteiger partial charge is 0.493 e. The molecule has 1 aliphatic rings. The lowest BCUT2D eigenvalue weighted by Crippen LogP contribution is -2.44. The normalized spacial score (nSPS) is 18.4. The van der Waals surface area contributed by atoms with Crippen LogP contribution in [0.1, 0.15) is 38.2 Å². The Bertz CT molecular complexity index is 487. The third kappa shape index (κ3) is 3.69. The van der Waals surface area contributed by atoms with Crippen LogP contribution in [0.4, 0.5) is 0 Å². The van der Waals surface area contributed by atoms with Crippen LogP contribution in [0.3, 0.4) is 0 Å². The van der Waals surface area contributed by atoms with Crippen molar-refractivity contribution in [1.82, 2.24) is 4.90 Å². The van der Waals surface area contributed by atoms with E-state index in [0.29, 0.717) is 24.0 Å². The Kier molecular flexibility index (Phi) is 5.48. The Morgan fingerprint density at radius 3 is 2.67 bits per heavy atom. The third-order valence-corrected chi connectivity index (χ3v) is 4.22. The van der Waals surface area contributed by atoms with Crippen molar-refractivity contribution in [1.29, 1.82) is 0 Å². The number of likely N-dealkylation sites (tertiary alicyclic amines) is 1. The molecule has 4 nitrogen and oxygen atoms in total. The predicted molar refractivity (Wildman–Crippen MR) is 82.9 cm³/mol. The minimum Gasteiger partial charge on any atom is -0.493 e. The first-order valence-corrected chi connectivity index (χ1v) is 7.70. The smallest absolute Gasteiger partial charge is 0.227 e. The maximum atomic E-state index is 12.5. The fourth-order valence-electron chi connectivity index (χ4n) is 3.02. The molecule has 0 N–H and O–H groups in total. The second-order valence-electron chi connectivity index (χ2n) is 5.51. The van der Waals surface area contributed by atoms with Gasteiger partial charge in [0, 0.05) is 12.6 Å². The first kappa shape index (κ1) is 15.7. The third-order valence-electron chi connectivity index (χ3n) is 4.22. The molecule has 1 heterocycles. The van der Waals surface area contributed by atoms with E-state index >= 15 is 0 Å². The maximum Gasteiger partial charge on any atom is 0.227 e. The van der Waals surface area contributed by atoms with Crippen molar-refractivity contribution in [3.8, 4) is 11.5 Å². The fourth-order valence-corrected chi connectivity index (χ4v) is 3.02. The van der Waals surface area contributed by atoms with Crippen molar-refractivity contribution >= 4 is 5.91 Å². The van der Waals surface area contributed by atoms with Gasteiger partial charge in [0.25, 0.3) is 0 Å². The van der Waals surface area contributed by atoms with E-state index in [1.807, 2.05) is 18.2 Å². The lowest BCUT2D eigenvalue weighted by Gasteiger charge is -2.35. The molecule has 0 aliphatic carbocycles. The number of hydrogen-bond donors (Lipinski definition) is 0. The van der Waals surface area contributed by atoms with E-state index in [2.05, 4.69) is 11.8 Å². The molecular weight excluding hydrogens is 266 g/mol. The van der Waals surface area contributed by atoms with Crippen LogP contribution in [0, 0.1) is 0 Å². The number of hydrogen-bond acceptors (Lipinski definition) is 3. The highest BCUT2D eigenvalue weighted by atomic mass is 16.5. The molecular formula is C17H25NO3. The van der Waals surface area contributed by atoms with Crippen molar-refractivity contribution in [2.45, 2.75) is 45.1 Å². The van der Waals surface area contributed by atoms with Crippen molar-refractivity contribution in [2.75, 3.05) is 20.8 Å². The zero-order valence-electron chi connectivity index (χ0n) is 13.2. The monoisotopic (exact) mass is 291 g/mol. The van der Waals surface area contributed by atoms with Crippen molar-refractivity contribution in [2.24, 2.45) is 0 Å². The number of nitrogens with zero attached hydrogens (tertiary/aromatic N) is 1. The molecule has 1 amide bonds. The van der Waals surface area contributed by atoms with Gasteiger partial charge in [-0.1, -0.05) is 13.0 Å². The minimum absolute atomic E-state index is 0.216. The van der Waals surface area contributed by atoms with E-state index in [-0.39, 0.29) is 5.91 Å². The number of amides is 1. The average Bonchev–Trinajstić information content (AvgIpc) is 2.54.